The molecule has 0 spiro atoms. The van der Waals surface area contributed by atoms with Crippen LogP contribution in [0.25, 0.3) is 0 Å². The van der Waals surface area contributed by atoms with Gasteiger partial charge in [0, 0.05) is 7.05 Å². The molecular weight excluding hydrogens is 350 g/mol. The van der Waals surface area contributed by atoms with E-state index in [0.717, 1.165) is 5.75 Å². The van der Waals surface area contributed by atoms with Crippen molar-refractivity contribution in [2.24, 2.45) is 0 Å². The molecular formula is C20H19NO4S. The zero-order chi connectivity index (χ0) is 18.6. The largest absolute Gasteiger partial charge is 0.497 e. The highest BCUT2D eigenvalue weighted by Crippen LogP contribution is 2.27. The van der Waals surface area contributed by atoms with Crippen LogP contribution in [0.1, 0.15) is 0 Å². The third-order valence-corrected chi connectivity index (χ3v) is 5.70. The number of rotatable bonds is 6. The van der Waals surface area contributed by atoms with Gasteiger partial charge < -0.3 is 9.47 Å². The molecule has 0 unspecified atom stereocenters. The van der Waals surface area contributed by atoms with Crippen molar-refractivity contribution in [2.75, 3.05) is 18.5 Å². The Kier molecular flexibility index (Phi) is 5.14. The number of hydrogen-bond acceptors (Lipinski definition) is 4. The van der Waals surface area contributed by atoms with Gasteiger partial charge in [-0.15, -0.1) is 0 Å². The number of nitrogens with zero attached hydrogens (tertiary/aromatic N) is 1. The fraction of sp³-hybridized carbons (Fsp3) is 0.100. The van der Waals surface area contributed by atoms with E-state index < -0.39 is 10.0 Å². The molecule has 5 nitrogen and oxygen atoms in total. The second-order valence-electron chi connectivity index (χ2n) is 5.56. The molecule has 0 fully saturated rings. The van der Waals surface area contributed by atoms with Crippen LogP contribution in [0.2, 0.25) is 0 Å². The minimum atomic E-state index is -3.65. The van der Waals surface area contributed by atoms with Crippen LogP contribution in [0.3, 0.4) is 0 Å². The first-order valence-corrected chi connectivity index (χ1v) is 9.40. The van der Waals surface area contributed by atoms with Crippen molar-refractivity contribution in [1.29, 1.82) is 0 Å². The predicted octanol–water partition coefficient (Wildman–Crippen LogP) is 4.31. The molecule has 3 rings (SSSR count). The Morgan fingerprint density at radius 2 is 1.27 bits per heavy atom. The summed E-state index contributed by atoms with van der Waals surface area (Å²) in [5, 5.41) is 0. The number of para-hydroxylation sites is 1. The molecule has 0 saturated heterocycles. The SMILES string of the molecule is COc1ccc(S(=O)(=O)N(C)c2ccc(Oc3ccccc3)cc2)cc1. The summed E-state index contributed by atoms with van der Waals surface area (Å²) in [5.74, 6) is 1.96. The number of benzene rings is 3. The first-order valence-electron chi connectivity index (χ1n) is 7.96. The van der Waals surface area contributed by atoms with E-state index in [2.05, 4.69) is 0 Å². The van der Waals surface area contributed by atoms with Crippen molar-refractivity contribution in [3.05, 3.63) is 78.9 Å². The average Bonchev–Trinajstić information content (AvgIpc) is 2.69. The Bertz CT molecular complexity index is 953. The van der Waals surface area contributed by atoms with E-state index in [1.165, 1.54) is 30.6 Å². The van der Waals surface area contributed by atoms with Gasteiger partial charge in [0.1, 0.15) is 17.2 Å². The highest BCUT2D eigenvalue weighted by Gasteiger charge is 2.21. The first kappa shape index (κ1) is 17.8. The Morgan fingerprint density at radius 3 is 1.85 bits per heavy atom. The fourth-order valence-corrected chi connectivity index (χ4v) is 3.59. The van der Waals surface area contributed by atoms with Crippen molar-refractivity contribution >= 4 is 15.7 Å². The normalized spacial score (nSPS) is 11.0. The highest BCUT2D eigenvalue weighted by molar-refractivity contribution is 7.92. The standard InChI is InChI=1S/C20H19NO4S/c1-21(26(22,23)20-14-12-17(24-2)13-15-20)16-8-10-19(11-9-16)25-18-6-4-3-5-7-18/h3-15H,1-2H3. The van der Waals surface area contributed by atoms with Crippen molar-refractivity contribution in [2.45, 2.75) is 4.90 Å². The quantitative estimate of drug-likeness (QED) is 0.650. The monoisotopic (exact) mass is 369 g/mol. The van der Waals surface area contributed by atoms with Crippen molar-refractivity contribution in [3.63, 3.8) is 0 Å². The molecule has 134 valence electrons. The maximum absolute atomic E-state index is 12.8. The topological polar surface area (TPSA) is 55.8 Å². The van der Waals surface area contributed by atoms with E-state index in [1.807, 2.05) is 30.3 Å². The zero-order valence-electron chi connectivity index (χ0n) is 14.5. The van der Waals surface area contributed by atoms with Gasteiger partial charge in [-0.2, -0.15) is 0 Å². The molecule has 3 aromatic rings. The van der Waals surface area contributed by atoms with E-state index >= 15 is 0 Å². The number of methoxy groups -OCH3 is 1. The number of hydrogen-bond donors (Lipinski definition) is 0. The second kappa shape index (κ2) is 7.49. The Morgan fingerprint density at radius 1 is 0.731 bits per heavy atom. The summed E-state index contributed by atoms with van der Waals surface area (Å²) in [7, 11) is -0.595. The lowest BCUT2D eigenvalue weighted by molar-refractivity contribution is 0.414. The lowest BCUT2D eigenvalue weighted by Crippen LogP contribution is -2.26. The highest BCUT2D eigenvalue weighted by atomic mass is 32.2. The Balaban J connectivity index is 1.79. The van der Waals surface area contributed by atoms with Gasteiger partial charge in [-0.25, -0.2) is 8.42 Å². The molecule has 6 heteroatoms. The van der Waals surface area contributed by atoms with E-state index in [4.69, 9.17) is 9.47 Å². The summed E-state index contributed by atoms with van der Waals surface area (Å²) in [4.78, 5) is 0.199. The third kappa shape index (κ3) is 3.81. The minimum Gasteiger partial charge on any atom is -0.497 e. The second-order valence-corrected chi connectivity index (χ2v) is 7.53. The molecule has 0 atom stereocenters. The van der Waals surface area contributed by atoms with Crippen LogP contribution in [0, 0.1) is 0 Å². The van der Waals surface area contributed by atoms with Crippen LogP contribution in [0.5, 0.6) is 17.2 Å². The van der Waals surface area contributed by atoms with Crippen LogP contribution in [0.15, 0.2) is 83.8 Å². The van der Waals surface area contributed by atoms with E-state index in [0.29, 0.717) is 17.2 Å². The van der Waals surface area contributed by atoms with Gasteiger partial charge in [-0.1, -0.05) is 18.2 Å². The molecule has 0 bridgehead atoms. The minimum absolute atomic E-state index is 0.199. The summed E-state index contributed by atoms with van der Waals surface area (Å²) in [6.45, 7) is 0. The molecule has 0 heterocycles. The summed E-state index contributed by atoms with van der Waals surface area (Å²) in [5.41, 5.74) is 0.543. The lowest BCUT2D eigenvalue weighted by atomic mass is 10.3. The first-order chi connectivity index (χ1) is 12.5. The molecule has 0 N–H and O–H groups in total. The van der Waals surface area contributed by atoms with Crippen molar-refractivity contribution < 1.29 is 17.9 Å². The van der Waals surface area contributed by atoms with Crippen LogP contribution in [0.4, 0.5) is 5.69 Å². The van der Waals surface area contributed by atoms with Gasteiger partial charge in [-0.05, 0) is 60.7 Å². The number of anilines is 1. The Labute approximate surface area is 153 Å². The van der Waals surface area contributed by atoms with Crippen molar-refractivity contribution in [1.82, 2.24) is 0 Å². The molecule has 0 saturated carbocycles. The maximum Gasteiger partial charge on any atom is 0.264 e. The smallest absolute Gasteiger partial charge is 0.264 e. The zero-order valence-corrected chi connectivity index (χ0v) is 15.3. The van der Waals surface area contributed by atoms with Gasteiger partial charge >= 0.3 is 0 Å². The molecule has 0 aliphatic heterocycles. The number of ether oxygens (including phenoxy) is 2. The van der Waals surface area contributed by atoms with E-state index in [-0.39, 0.29) is 4.90 Å². The van der Waals surface area contributed by atoms with Gasteiger partial charge in [-0.3, -0.25) is 4.31 Å². The van der Waals surface area contributed by atoms with Gasteiger partial charge in [0.25, 0.3) is 10.0 Å². The predicted molar refractivity (Wildman–Crippen MR) is 102 cm³/mol. The van der Waals surface area contributed by atoms with Gasteiger partial charge in [0.05, 0.1) is 17.7 Å². The molecule has 0 amide bonds. The molecule has 0 aromatic heterocycles. The fourth-order valence-electron chi connectivity index (χ4n) is 2.39. The van der Waals surface area contributed by atoms with Crippen LogP contribution in [-0.2, 0) is 10.0 Å². The maximum atomic E-state index is 12.8. The summed E-state index contributed by atoms with van der Waals surface area (Å²) >= 11 is 0. The van der Waals surface area contributed by atoms with Gasteiger partial charge in [0.15, 0.2) is 0 Å². The summed E-state index contributed by atoms with van der Waals surface area (Å²) < 4.78 is 37.6. The molecule has 0 radical (unpaired) electrons. The molecule has 0 aliphatic carbocycles. The van der Waals surface area contributed by atoms with Crippen LogP contribution < -0.4 is 13.8 Å². The van der Waals surface area contributed by atoms with E-state index in [1.54, 1.807) is 36.4 Å². The van der Waals surface area contributed by atoms with E-state index in [9.17, 15) is 8.42 Å². The van der Waals surface area contributed by atoms with Gasteiger partial charge in [0.2, 0.25) is 0 Å². The summed E-state index contributed by atoms with van der Waals surface area (Å²) in [6, 6.07) is 22.6. The van der Waals surface area contributed by atoms with Crippen LogP contribution >= 0.6 is 0 Å². The molecule has 0 aliphatic rings. The molecule has 26 heavy (non-hydrogen) atoms. The molecule has 3 aromatic carbocycles. The average molecular weight is 369 g/mol. The number of sulfonamides is 1. The van der Waals surface area contributed by atoms with Crippen molar-refractivity contribution in [3.8, 4) is 17.2 Å². The summed E-state index contributed by atoms with van der Waals surface area (Å²) in [6.07, 6.45) is 0. The van der Waals surface area contributed by atoms with Crippen LogP contribution in [-0.4, -0.2) is 22.6 Å². The third-order valence-electron chi connectivity index (χ3n) is 3.90. The lowest BCUT2D eigenvalue weighted by Gasteiger charge is -2.20. The Hall–Kier alpha value is -2.99.